The summed E-state index contributed by atoms with van der Waals surface area (Å²) in [7, 11) is 0. The van der Waals surface area contributed by atoms with Crippen molar-refractivity contribution in [3.8, 4) is 0 Å². The second-order valence-corrected chi connectivity index (χ2v) is 3.82. The van der Waals surface area contributed by atoms with E-state index in [9.17, 15) is 15.3 Å². The van der Waals surface area contributed by atoms with Crippen molar-refractivity contribution in [1.29, 1.82) is 0 Å². The van der Waals surface area contributed by atoms with E-state index >= 15 is 0 Å². The molecule has 0 aromatic carbocycles. The van der Waals surface area contributed by atoms with Crippen LogP contribution in [0.2, 0.25) is 0 Å². The smallest absolute Gasteiger partial charge is 0.0597 e. The summed E-state index contributed by atoms with van der Waals surface area (Å²) >= 11 is 0. The second kappa shape index (κ2) is 2.44. The van der Waals surface area contributed by atoms with Gasteiger partial charge in [-0.2, -0.15) is 0 Å². The summed E-state index contributed by atoms with van der Waals surface area (Å²) in [4.78, 5) is 0. The Balaban J connectivity index is 2.10. The lowest BCUT2D eigenvalue weighted by atomic mass is 9.98. The largest absolute Gasteiger partial charge is 0.393 e. The van der Waals surface area contributed by atoms with Gasteiger partial charge >= 0.3 is 0 Å². The summed E-state index contributed by atoms with van der Waals surface area (Å²) in [5.74, 6) is 0.306. The van der Waals surface area contributed by atoms with Crippen LogP contribution in [0.1, 0.15) is 19.3 Å². The minimum Gasteiger partial charge on any atom is -0.393 e. The van der Waals surface area contributed by atoms with E-state index in [1.54, 1.807) is 0 Å². The third-order valence-corrected chi connectivity index (χ3v) is 3.11. The minimum atomic E-state index is -0.382. The van der Waals surface area contributed by atoms with Gasteiger partial charge in [0.2, 0.25) is 0 Å². The highest BCUT2D eigenvalue weighted by Gasteiger charge is 2.47. The van der Waals surface area contributed by atoms with Gasteiger partial charge in [0.1, 0.15) is 0 Å². The van der Waals surface area contributed by atoms with E-state index in [4.69, 9.17) is 0 Å². The van der Waals surface area contributed by atoms with E-state index in [1.165, 1.54) is 0 Å². The van der Waals surface area contributed by atoms with Crippen molar-refractivity contribution in [2.75, 3.05) is 0 Å². The van der Waals surface area contributed by atoms with Crippen molar-refractivity contribution in [3.05, 3.63) is 0 Å². The van der Waals surface area contributed by atoms with Gasteiger partial charge in [0.15, 0.2) is 0 Å². The highest BCUT2D eigenvalue weighted by Crippen LogP contribution is 2.44. The van der Waals surface area contributed by atoms with E-state index < -0.39 is 0 Å². The second-order valence-electron chi connectivity index (χ2n) is 3.82. The first-order valence-electron chi connectivity index (χ1n) is 4.22. The number of aliphatic hydroxyl groups is 3. The summed E-state index contributed by atoms with van der Waals surface area (Å²) < 4.78 is 0. The molecule has 2 saturated carbocycles. The lowest BCUT2D eigenvalue weighted by molar-refractivity contribution is 0.0880. The maximum atomic E-state index is 9.42. The number of rotatable bonds is 0. The molecule has 3 nitrogen and oxygen atoms in total. The van der Waals surface area contributed by atoms with E-state index in [-0.39, 0.29) is 30.1 Å². The van der Waals surface area contributed by atoms with E-state index in [1.807, 2.05) is 0 Å². The molecule has 0 heterocycles. The van der Waals surface area contributed by atoms with Crippen molar-refractivity contribution in [3.63, 3.8) is 0 Å². The van der Waals surface area contributed by atoms with Gasteiger partial charge in [0.25, 0.3) is 0 Å². The Kier molecular flexibility index (Phi) is 1.67. The molecule has 0 bridgehead atoms. The molecule has 0 saturated heterocycles. The zero-order chi connectivity index (χ0) is 8.01. The van der Waals surface area contributed by atoms with Crippen LogP contribution in [0.5, 0.6) is 0 Å². The first-order valence-corrected chi connectivity index (χ1v) is 4.22. The van der Waals surface area contributed by atoms with Crippen molar-refractivity contribution in [2.45, 2.75) is 37.6 Å². The molecule has 2 aliphatic carbocycles. The first kappa shape index (κ1) is 7.53. The third kappa shape index (κ3) is 1.08. The van der Waals surface area contributed by atoms with Gasteiger partial charge < -0.3 is 15.3 Å². The first-order chi connectivity index (χ1) is 5.18. The average molecular weight is 158 g/mol. The van der Waals surface area contributed by atoms with Gasteiger partial charge in [-0.25, -0.2) is 0 Å². The Bertz CT molecular complexity index is 143. The van der Waals surface area contributed by atoms with Gasteiger partial charge in [0, 0.05) is 0 Å². The molecular weight excluding hydrogens is 144 g/mol. The molecule has 0 aliphatic heterocycles. The van der Waals surface area contributed by atoms with Crippen LogP contribution in [0.15, 0.2) is 0 Å². The fourth-order valence-corrected chi connectivity index (χ4v) is 2.56. The molecule has 5 atom stereocenters. The SMILES string of the molecule is OC1C[C@@H]2[C@H](C1)[C@H](O)C[C@@H]2O. The molecule has 2 fully saturated rings. The van der Waals surface area contributed by atoms with Crippen molar-refractivity contribution >= 4 is 0 Å². The normalized spacial score (nSPS) is 56.5. The number of fused-ring (bicyclic) bond motifs is 1. The van der Waals surface area contributed by atoms with Gasteiger partial charge in [-0.05, 0) is 31.1 Å². The Morgan fingerprint density at radius 3 is 1.64 bits per heavy atom. The van der Waals surface area contributed by atoms with E-state index in [0.717, 1.165) is 0 Å². The minimum absolute atomic E-state index is 0.153. The molecule has 2 rings (SSSR count). The summed E-state index contributed by atoms with van der Waals surface area (Å²) in [6.07, 6.45) is 0.780. The van der Waals surface area contributed by atoms with Crippen molar-refractivity contribution in [2.24, 2.45) is 11.8 Å². The van der Waals surface area contributed by atoms with Crippen LogP contribution >= 0.6 is 0 Å². The van der Waals surface area contributed by atoms with Gasteiger partial charge in [0.05, 0.1) is 18.3 Å². The lowest BCUT2D eigenvalue weighted by Gasteiger charge is -2.11. The molecule has 11 heavy (non-hydrogen) atoms. The lowest BCUT2D eigenvalue weighted by Crippen LogP contribution is -2.15. The predicted molar refractivity (Wildman–Crippen MR) is 38.9 cm³/mol. The van der Waals surface area contributed by atoms with Crippen LogP contribution in [0.25, 0.3) is 0 Å². The van der Waals surface area contributed by atoms with Crippen LogP contribution in [-0.4, -0.2) is 33.6 Å². The van der Waals surface area contributed by atoms with E-state index in [0.29, 0.717) is 19.3 Å². The Hall–Kier alpha value is -0.120. The molecule has 0 spiro atoms. The zero-order valence-electron chi connectivity index (χ0n) is 6.35. The summed E-state index contributed by atoms with van der Waals surface area (Å²) in [6, 6.07) is 0. The fraction of sp³-hybridized carbons (Fsp3) is 1.00. The summed E-state index contributed by atoms with van der Waals surface area (Å²) in [6.45, 7) is 0. The van der Waals surface area contributed by atoms with Crippen LogP contribution < -0.4 is 0 Å². The highest BCUT2D eigenvalue weighted by atomic mass is 16.3. The van der Waals surface area contributed by atoms with Crippen LogP contribution in [-0.2, 0) is 0 Å². The highest BCUT2D eigenvalue weighted by molar-refractivity contribution is 4.97. The fourth-order valence-electron chi connectivity index (χ4n) is 2.56. The molecule has 0 radical (unpaired) electrons. The molecule has 0 amide bonds. The van der Waals surface area contributed by atoms with E-state index in [2.05, 4.69) is 0 Å². The van der Waals surface area contributed by atoms with Gasteiger partial charge in [-0.15, -0.1) is 0 Å². The third-order valence-electron chi connectivity index (χ3n) is 3.11. The number of hydrogen-bond donors (Lipinski definition) is 3. The number of hydrogen-bond acceptors (Lipinski definition) is 3. The molecule has 1 unspecified atom stereocenters. The molecule has 0 aromatic rings. The molecule has 0 aromatic heterocycles. The molecule has 2 aliphatic rings. The summed E-state index contributed by atoms with van der Waals surface area (Å²) in [5, 5.41) is 28.1. The van der Waals surface area contributed by atoms with Crippen LogP contribution in [0.3, 0.4) is 0 Å². The van der Waals surface area contributed by atoms with Gasteiger partial charge in [-0.3, -0.25) is 0 Å². The van der Waals surface area contributed by atoms with Crippen LogP contribution in [0, 0.1) is 11.8 Å². The Morgan fingerprint density at radius 1 is 0.727 bits per heavy atom. The topological polar surface area (TPSA) is 60.7 Å². The Morgan fingerprint density at radius 2 is 1.18 bits per heavy atom. The van der Waals surface area contributed by atoms with Crippen LogP contribution in [0.4, 0.5) is 0 Å². The maximum absolute atomic E-state index is 9.42. The summed E-state index contributed by atoms with van der Waals surface area (Å²) in [5.41, 5.74) is 0. The standard InChI is InChI=1S/C8H14O3/c9-4-1-5-6(2-4)8(11)3-7(5)10/h4-11H,1-3H2/t4?,5-,6+,7+,8-. The van der Waals surface area contributed by atoms with Gasteiger partial charge in [-0.1, -0.05) is 0 Å². The van der Waals surface area contributed by atoms with Crippen molar-refractivity contribution in [1.82, 2.24) is 0 Å². The number of aliphatic hydroxyl groups excluding tert-OH is 3. The molecule has 3 heteroatoms. The maximum Gasteiger partial charge on any atom is 0.0597 e. The average Bonchev–Trinajstić information content (AvgIpc) is 2.38. The van der Waals surface area contributed by atoms with Crippen molar-refractivity contribution < 1.29 is 15.3 Å². The molecule has 64 valence electrons. The zero-order valence-corrected chi connectivity index (χ0v) is 6.35. The molecular formula is C8H14O3. The quantitative estimate of drug-likeness (QED) is 0.445. The molecule has 3 N–H and O–H groups in total. The Labute approximate surface area is 65.7 Å². The monoisotopic (exact) mass is 158 g/mol. The predicted octanol–water partition coefficient (Wildman–Crippen LogP) is -0.501.